The Morgan fingerprint density at radius 2 is 2.11 bits per heavy atom. The molecule has 2 rings (SSSR count). The summed E-state index contributed by atoms with van der Waals surface area (Å²) in [4.78, 5) is 11.0. The molecule has 1 aromatic carbocycles. The van der Waals surface area contributed by atoms with Gasteiger partial charge in [0.1, 0.15) is 11.5 Å². The van der Waals surface area contributed by atoms with Crippen LogP contribution in [-0.2, 0) is 0 Å². The van der Waals surface area contributed by atoms with Gasteiger partial charge in [0, 0.05) is 6.07 Å². The zero-order valence-electron chi connectivity index (χ0n) is 10.9. The lowest BCUT2D eigenvalue weighted by Crippen LogP contribution is -2.12. The summed E-state index contributed by atoms with van der Waals surface area (Å²) in [6, 6.07) is 5.42. The third-order valence-corrected chi connectivity index (χ3v) is 3.18. The fourth-order valence-corrected chi connectivity index (χ4v) is 2.21. The van der Waals surface area contributed by atoms with Crippen molar-refractivity contribution in [2.75, 3.05) is 6.61 Å². The summed E-state index contributed by atoms with van der Waals surface area (Å²) in [5.41, 5.74) is 0.603. The first-order valence-corrected chi connectivity index (χ1v) is 6.72. The summed E-state index contributed by atoms with van der Waals surface area (Å²) in [5.74, 6) is 1.43. The summed E-state index contributed by atoms with van der Waals surface area (Å²) >= 11 is 0. The first-order valence-electron chi connectivity index (χ1n) is 6.72. The van der Waals surface area contributed by atoms with E-state index in [1.807, 2.05) is 12.1 Å². The topological polar surface area (TPSA) is 35.5 Å². The highest BCUT2D eigenvalue weighted by atomic mass is 16.5. The third-order valence-electron chi connectivity index (χ3n) is 3.18. The van der Waals surface area contributed by atoms with Gasteiger partial charge in [-0.3, -0.25) is 4.79 Å². The molecule has 1 saturated carbocycles. The predicted octanol–water partition coefficient (Wildman–Crippen LogP) is 3.61. The molecule has 1 fully saturated rings. The lowest BCUT2D eigenvalue weighted by Gasteiger charge is -2.15. The molecule has 0 N–H and O–H groups in total. The van der Waals surface area contributed by atoms with Crippen LogP contribution in [0.4, 0.5) is 0 Å². The van der Waals surface area contributed by atoms with Crippen LogP contribution in [0.3, 0.4) is 0 Å². The quantitative estimate of drug-likeness (QED) is 0.721. The number of hydrogen-bond donors (Lipinski definition) is 0. The molecule has 3 heteroatoms. The third kappa shape index (κ3) is 3.25. The number of benzene rings is 1. The van der Waals surface area contributed by atoms with Crippen molar-refractivity contribution in [1.29, 1.82) is 0 Å². The van der Waals surface area contributed by atoms with Crippen LogP contribution in [0.25, 0.3) is 0 Å². The van der Waals surface area contributed by atoms with Crippen LogP contribution in [0.5, 0.6) is 11.5 Å². The Hall–Kier alpha value is -1.51. The molecule has 0 amide bonds. The monoisotopic (exact) mass is 248 g/mol. The Labute approximate surface area is 108 Å². The van der Waals surface area contributed by atoms with Gasteiger partial charge >= 0.3 is 0 Å². The highest BCUT2D eigenvalue weighted by molar-refractivity contribution is 5.79. The second kappa shape index (κ2) is 6.43. The number of carbonyl (C=O) groups is 1. The maximum Gasteiger partial charge on any atom is 0.153 e. The van der Waals surface area contributed by atoms with Crippen LogP contribution in [-0.4, -0.2) is 19.0 Å². The Bertz CT molecular complexity index is 395. The maximum atomic E-state index is 11.0. The predicted molar refractivity (Wildman–Crippen MR) is 70.5 cm³/mol. The van der Waals surface area contributed by atoms with Gasteiger partial charge in [0.15, 0.2) is 6.29 Å². The summed E-state index contributed by atoms with van der Waals surface area (Å²) in [5, 5.41) is 0. The van der Waals surface area contributed by atoms with Crippen molar-refractivity contribution in [3.05, 3.63) is 23.8 Å². The van der Waals surface area contributed by atoms with E-state index in [2.05, 4.69) is 6.92 Å². The van der Waals surface area contributed by atoms with Crippen molar-refractivity contribution in [2.45, 2.75) is 45.1 Å². The van der Waals surface area contributed by atoms with E-state index in [-0.39, 0.29) is 6.10 Å². The maximum absolute atomic E-state index is 11.0. The SMILES string of the molecule is CCCOc1ccc(C=O)c(OC2CCCC2)c1. The average molecular weight is 248 g/mol. The van der Waals surface area contributed by atoms with E-state index in [4.69, 9.17) is 9.47 Å². The van der Waals surface area contributed by atoms with Gasteiger partial charge < -0.3 is 9.47 Å². The van der Waals surface area contributed by atoms with Crippen molar-refractivity contribution in [3.63, 3.8) is 0 Å². The summed E-state index contributed by atoms with van der Waals surface area (Å²) in [7, 11) is 0. The van der Waals surface area contributed by atoms with Gasteiger partial charge in [0.05, 0.1) is 18.3 Å². The van der Waals surface area contributed by atoms with E-state index in [1.54, 1.807) is 6.07 Å². The van der Waals surface area contributed by atoms with Gasteiger partial charge in [-0.15, -0.1) is 0 Å². The highest BCUT2D eigenvalue weighted by Crippen LogP contribution is 2.29. The molecular formula is C15H20O3. The molecule has 0 saturated heterocycles. The summed E-state index contributed by atoms with van der Waals surface area (Å²) < 4.78 is 11.5. The molecule has 98 valence electrons. The smallest absolute Gasteiger partial charge is 0.153 e. The molecular weight excluding hydrogens is 228 g/mol. The number of hydrogen-bond acceptors (Lipinski definition) is 3. The van der Waals surface area contributed by atoms with E-state index in [0.29, 0.717) is 17.9 Å². The zero-order chi connectivity index (χ0) is 12.8. The first kappa shape index (κ1) is 12.9. The van der Waals surface area contributed by atoms with E-state index in [9.17, 15) is 4.79 Å². The van der Waals surface area contributed by atoms with Crippen LogP contribution in [0.1, 0.15) is 49.4 Å². The Morgan fingerprint density at radius 1 is 1.33 bits per heavy atom. The van der Waals surface area contributed by atoms with Gasteiger partial charge in [-0.25, -0.2) is 0 Å². The number of rotatable bonds is 6. The molecule has 1 aromatic rings. The van der Waals surface area contributed by atoms with E-state index in [1.165, 1.54) is 12.8 Å². The standard InChI is InChI=1S/C15H20O3/c1-2-9-17-14-8-7-12(11-16)15(10-14)18-13-5-3-4-6-13/h7-8,10-11,13H,2-6,9H2,1H3. The lowest BCUT2D eigenvalue weighted by atomic mass is 10.2. The molecule has 3 nitrogen and oxygen atoms in total. The van der Waals surface area contributed by atoms with Crippen LogP contribution in [0, 0.1) is 0 Å². The van der Waals surface area contributed by atoms with E-state index >= 15 is 0 Å². The number of aldehydes is 1. The van der Waals surface area contributed by atoms with E-state index < -0.39 is 0 Å². The van der Waals surface area contributed by atoms with Crippen molar-refractivity contribution in [2.24, 2.45) is 0 Å². The van der Waals surface area contributed by atoms with Crippen molar-refractivity contribution < 1.29 is 14.3 Å². The van der Waals surface area contributed by atoms with Gasteiger partial charge in [-0.1, -0.05) is 6.92 Å². The minimum Gasteiger partial charge on any atom is -0.493 e. The molecule has 1 aliphatic rings. The van der Waals surface area contributed by atoms with Crippen molar-refractivity contribution in [1.82, 2.24) is 0 Å². The van der Waals surface area contributed by atoms with Crippen LogP contribution >= 0.6 is 0 Å². The second-order valence-corrected chi connectivity index (χ2v) is 4.69. The molecule has 18 heavy (non-hydrogen) atoms. The van der Waals surface area contributed by atoms with Gasteiger partial charge in [-0.2, -0.15) is 0 Å². The molecule has 1 aliphatic carbocycles. The molecule has 0 aliphatic heterocycles. The van der Waals surface area contributed by atoms with Crippen LogP contribution in [0.15, 0.2) is 18.2 Å². The number of ether oxygens (including phenoxy) is 2. The molecule has 0 spiro atoms. The molecule has 0 unspecified atom stereocenters. The average Bonchev–Trinajstić information content (AvgIpc) is 2.89. The Morgan fingerprint density at radius 3 is 2.78 bits per heavy atom. The molecule has 0 aromatic heterocycles. The van der Waals surface area contributed by atoms with Gasteiger partial charge in [0.2, 0.25) is 0 Å². The molecule has 0 heterocycles. The lowest BCUT2D eigenvalue weighted by molar-refractivity contribution is 0.111. The van der Waals surface area contributed by atoms with Crippen LogP contribution < -0.4 is 9.47 Å². The fraction of sp³-hybridized carbons (Fsp3) is 0.533. The number of carbonyl (C=O) groups excluding carboxylic acids is 1. The fourth-order valence-electron chi connectivity index (χ4n) is 2.21. The second-order valence-electron chi connectivity index (χ2n) is 4.69. The minimum atomic E-state index is 0.255. The molecule has 0 bridgehead atoms. The van der Waals surface area contributed by atoms with Crippen LogP contribution in [0.2, 0.25) is 0 Å². The summed E-state index contributed by atoms with van der Waals surface area (Å²) in [6.07, 6.45) is 6.66. The largest absolute Gasteiger partial charge is 0.493 e. The zero-order valence-corrected chi connectivity index (χ0v) is 10.9. The van der Waals surface area contributed by atoms with Crippen molar-refractivity contribution >= 4 is 6.29 Å². The Kier molecular flexibility index (Phi) is 4.62. The van der Waals surface area contributed by atoms with Gasteiger partial charge in [0.25, 0.3) is 0 Å². The van der Waals surface area contributed by atoms with Gasteiger partial charge in [-0.05, 0) is 44.2 Å². The highest BCUT2D eigenvalue weighted by Gasteiger charge is 2.18. The molecule has 0 atom stereocenters. The first-order chi connectivity index (χ1) is 8.83. The summed E-state index contributed by atoms with van der Waals surface area (Å²) in [6.45, 7) is 2.75. The Balaban J connectivity index is 2.10. The van der Waals surface area contributed by atoms with E-state index in [0.717, 1.165) is 31.3 Å². The molecule has 0 radical (unpaired) electrons. The minimum absolute atomic E-state index is 0.255. The normalized spacial score (nSPS) is 15.6. The van der Waals surface area contributed by atoms with Crippen molar-refractivity contribution in [3.8, 4) is 11.5 Å².